The number of aliphatic hydroxyl groups excluding tert-OH is 1. The number of rotatable bonds is 8. The van der Waals surface area contributed by atoms with Crippen molar-refractivity contribution in [2.24, 2.45) is 0 Å². The molecule has 5 nitrogen and oxygen atoms in total. The zero-order valence-electron chi connectivity index (χ0n) is 10.7. The van der Waals surface area contributed by atoms with Gasteiger partial charge >= 0.3 is 7.60 Å². The zero-order chi connectivity index (χ0) is 13.4. The molecule has 102 valence electrons. The number of hydrogen-bond donors (Lipinski definition) is 1. The Labute approximate surface area is 107 Å². The second-order valence-corrected chi connectivity index (χ2v) is 5.52. The Morgan fingerprint density at radius 3 is 2.11 bits per heavy atom. The summed E-state index contributed by atoms with van der Waals surface area (Å²) in [5.41, 5.74) is 0.792. The minimum Gasteiger partial charge on any atom is -0.481 e. The van der Waals surface area contributed by atoms with Gasteiger partial charge in [0, 0.05) is 0 Å². The molecule has 1 aromatic rings. The molecule has 0 saturated carbocycles. The van der Waals surface area contributed by atoms with Crippen LogP contribution in [0.2, 0.25) is 0 Å². The predicted molar refractivity (Wildman–Crippen MR) is 68.7 cm³/mol. The molecule has 0 unspecified atom stereocenters. The molecule has 0 bridgehead atoms. The van der Waals surface area contributed by atoms with E-state index in [9.17, 15) is 4.57 Å². The van der Waals surface area contributed by atoms with Gasteiger partial charge in [-0.25, -0.2) is 0 Å². The van der Waals surface area contributed by atoms with Crippen LogP contribution in [0.1, 0.15) is 19.4 Å². The van der Waals surface area contributed by atoms with E-state index >= 15 is 0 Å². The van der Waals surface area contributed by atoms with Gasteiger partial charge in [-0.3, -0.25) is 4.57 Å². The molecular formula is C12H19O5P. The first kappa shape index (κ1) is 15.2. The fourth-order valence-corrected chi connectivity index (χ4v) is 2.67. The average molecular weight is 274 g/mol. The fraction of sp³-hybridized carbons (Fsp3) is 0.500. The van der Waals surface area contributed by atoms with Gasteiger partial charge in [0.2, 0.25) is 0 Å². The van der Waals surface area contributed by atoms with Gasteiger partial charge in [-0.1, -0.05) is 12.1 Å². The van der Waals surface area contributed by atoms with E-state index in [0.29, 0.717) is 19.0 Å². The predicted octanol–water partition coefficient (Wildman–Crippen LogP) is 2.78. The second kappa shape index (κ2) is 7.54. The van der Waals surface area contributed by atoms with Gasteiger partial charge in [-0.2, -0.15) is 0 Å². The number of hydrogen-bond acceptors (Lipinski definition) is 5. The third kappa shape index (κ3) is 4.78. The topological polar surface area (TPSA) is 65.0 Å². The van der Waals surface area contributed by atoms with Crippen LogP contribution in [0.3, 0.4) is 0 Å². The van der Waals surface area contributed by atoms with Crippen molar-refractivity contribution in [3.05, 3.63) is 29.8 Å². The van der Waals surface area contributed by atoms with E-state index in [-0.39, 0.29) is 13.0 Å². The first-order valence-corrected chi connectivity index (χ1v) is 7.57. The molecule has 1 rings (SSSR count). The number of aliphatic hydroxyl groups is 1. The summed E-state index contributed by atoms with van der Waals surface area (Å²) in [6.07, 6.45) is -0.118. The van der Waals surface area contributed by atoms with Gasteiger partial charge in [0.25, 0.3) is 0 Å². The van der Waals surface area contributed by atoms with Crippen molar-refractivity contribution in [3.63, 3.8) is 0 Å². The summed E-state index contributed by atoms with van der Waals surface area (Å²) in [6, 6.07) is 6.88. The highest BCUT2D eigenvalue weighted by atomic mass is 31.2. The maximum Gasteiger partial charge on any atom is 0.367 e. The van der Waals surface area contributed by atoms with E-state index in [0.717, 1.165) is 5.56 Å². The fourth-order valence-electron chi connectivity index (χ4n) is 1.35. The molecule has 0 atom stereocenters. The standard InChI is InChI=1S/C12H19O5P/c1-3-16-18(14,17-4-2)10-15-12-7-5-11(9-13)6-8-12/h5-8,13H,3-4,9-10H2,1-2H3. The Morgan fingerprint density at radius 2 is 1.67 bits per heavy atom. The van der Waals surface area contributed by atoms with E-state index in [1.165, 1.54) is 0 Å². The Kier molecular flexibility index (Phi) is 6.36. The molecule has 1 N–H and O–H groups in total. The van der Waals surface area contributed by atoms with Crippen LogP contribution in [0.5, 0.6) is 5.75 Å². The second-order valence-electron chi connectivity index (χ2n) is 3.52. The van der Waals surface area contributed by atoms with Crippen molar-refractivity contribution >= 4 is 7.60 Å². The molecule has 0 spiro atoms. The zero-order valence-corrected chi connectivity index (χ0v) is 11.6. The van der Waals surface area contributed by atoms with Crippen LogP contribution in [0.4, 0.5) is 0 Å². The summed E-state index contributed by atoms with van der Waals surface area (Å²) in [5.74, 6) is 0.562. The van der Waals surface area contributed by atoms with Crippen molar-refractivity contribution in [1.29, 1.82) is 0 Å². The molecule has 1 aromatic carbocycles. The van der Waals surface area contributed by atoms with Crippen molar-refractivity contribution < 1.29 is 23.5 Å². The first-order valence-electron chi connectivity index (χ1n) is 5.84. The van der Waals surface area contributed by atoms with Crippen LogP contribution < -0.4 is 4.74 Å². The van der Waals surface area contributed by atoms with Crippen molar-refractivity contribution in [1.82, 2.24) is 0 Å². The lowest BCUT2D eigenvalue weighted by Gasteiger charge is -2.17. The summed E-state index contributed by atoms with van der Waals surface area (Å²) in [5, 5.41) is 8.90. The summed E-state index contributed by atoms with van der Waals surface area (Å²) in [4.78, 5) is 0. The largest absolute Gasteiger partial charge is 0.481 e. The highest BCUT2D eigenvalue weighted by molar-refractivity contribution is 7.53. The Hall–Kier alpha value is -0.870. The van der Waals surface area contributed by atoms with Crippen LogP contribution in [0.15, 0.2) is 24.3 Å². The van der Waals surface area contributed by atoms with Crippen LogP contribution in [-0.2, 0) is 20.2 Å². The highest BCUT2D eigenvalue weighted by Gasteiger charge is 2.24. The lowest BCUT2D eigenvalue weighted by molar-refractivity contribution is 0.197. The average Bonchev–Trinajstić information content (AvgIpc) is 2.38. The normalized spacial score (nSPS) is 11.5. The van der Waals surface area contributed by atoms with E-state index in [2.05, 4.69) is 0 Å². The summed E-state index contributed by atoms with van der Waals surface area (Å²) < 4.78 is 27.7. The Morgan fingerprint density at radius 1 is 1.11 bits per heavy atom. The molecule has 0 amide bonds. The SMILES string of the molecule is CCOP(=O)(COc1ccc(CO)cc1)OCC. The summed E-state index contributed by atoms with van der Waals surface area (Å²) in [6.45, 7) is 4.11. The van der Waals surface area contributed by atoms with Crippen molar-refractivity contribution in [3.8, 4) is 5.75 Å². The molecule has 0 heterocycles. The van der Waals surface area contributed by atoms with Crippen molar-refractivity contribution in [2.45, 2.75) is 20.5 Å². The van der Waals surface area contributed by atoms with Crippen LogP contribution in [0, 0.1) is 0 Å². The molecule has 18 heavy (non-hydrogen) atoms. The minimum atomic E-state index is -3.18. The quantitative estimate of drug-likeness (QED) is 0.738. The lowest BCUT2D eigenvalue weighted by atomic mass is 10.2. The van der Waals surface area contributed by atoms with Gasteiger partial charge in [0.1, 0.15) is 5.75 Å². The van der Waals surface area contributed by atoms with E-state index in [1.54, 1.807) is 38.1 Å². The van der Waals surface area contributed by atoms with Gasteiger partial charge in [-0.15, -0.1) is 0 Å². The van der Waals surface area contributed by atoms with E-state index < -0.39 is 7.60 Å². The highest BCUT2D eigenvalue weighted by Crippen LogP contribution is 2.47. The molecule has 6 heteroatoms. The Balaban J connectivity index is 2.58. The molecule has 0 aliphatic carbocycles. The molecule has 0 aromatic heterocycles. The summed E-state index contributed by atoms with van der Waals surface area (Å²) in [7, 11) is -3.18. The molecule has 0 fully saturated rings. The monoisotopic (exact) mass is 274 g/mol. The van der Waals surface area contributed by atoms with Gasteiger partial charge in [0.15, 0.2) is 6.35 Å². The maximum atomic E-state index is 12.1. The third-order valence-electron chi connectivity index (χ3n) is 2.15. The molecular weight excluding hydrogens is 255 g/mol. The van der Waals surface area contributed by atoms with Crippen molar-refractivity contribution in [2.75, 3.05) is 19.6 Å². The van der Waals surface area contributed by atoms with E-state index in [1.807, 2.05) is 0 Å². The third-order valence-corrected chi connectivity index (χ3v) is 3.90. The smallest absolute Gasteiger partial charge is 0.367 e. The minimum absolute atomic E-state index is 0.0172. The Bertz CT molecular complexity index is 380. The molecule has 0 saturated heterocycles. The summed E-state index contributed by atoms with van der Waals surface area (Å²) >= 11 is 0. The van der Waals surface area contributed by atoms with Gasteiger partial charge in [-0.05, 0) is 31.5 Å². The number of ether oxygens (including phenoxy) is 1. The first-order chi connectivity index (χ1) is 8.63. The van der Waals surface area contributed by atoms with Crippen LogP contribution in [0.25, 0.3) is 0 Å². The molecule has 0 aliphatic rings. The molecule has 0 radical (unpaired) electrons. The maximum absolute atomic E-state index is 12.1. The van der Waals surface area contributed by atoms with E-state index in [4.69, 9.17) is 18.9 Å². The van der Waals surface area contributed by atoms with Crippen LogP contribution in [-0.4, -0.2) is 24.7 Å². The van der Waals surface area contributed by atoms with Gasteiger partial charge in [0.05, 0.1) is 19.8 Å². The van der Waals surface area contributed by atoms with Crippen LogP contribution >= 0.6 is 7.60 Å². The number of benzene rings is 1. The van der Waals surface area contributed by atoms with Gasteiger partial charge < -0.3 is 18.9 Å². The lowest BCUT2D eigenvalue weighted by Crippen LogP contribution is -2.05. The molecule has 0 aliphatic heterocycles.